The normalized spacial score (nSPS) is 12.3. The van der Waals surface area contributed by atoms with Crippen LogP contribution in [0.1, 0.15) is 62.1 Å². The van der Waals surface area contributed by atoms with E-state index in [0.29, 0.717) is 0 Å². The summed E-state index contributed by atoms with van der Waals surface area (Å²) in [5, 5.41) is 5.31. The maximum absolute atomic E-state index is 2.63. The quantitative estimate of drug-likeness (QED) is 0.0823. The second-order valence-corrected chi connectivity index (χ2v) is 35.5. The molecule has 200 valence electrons. The fraction of sp³-hybridized carbons (Fsp3) is 0.438. The molecule has 0 aliphatic heterocycles. The summed E-state index contributed by atoms with van der Waals surface area (Å²) in [5.41, 5.74) is 3.07. The Hall–Kier alpha value is 0.137. The van der Waals surface area contributed by atoms with Gasteiger partial charge in [-0.1, -0.05) is 19.8 Å². The van der Waals surface area contributed by atoms with E-state index >= 15 is 0 Å². The molecule has 2 radical (unpaired) electrons. The molecule has 0 atom stereocenters. The molecule has 38 heavy (non-hydrogen) atoms. The SMILES string of the molecule is CCCCCCCCc1ccc(-c2c3cc([CH2][Sn][CH2]C)sc3c(-c3cccs3)c3c[c]([Sn]([CH3])([CH3])[CH3])sc23)s1. The van der Waals surface area contributed by atoms with E-state index in [1.807, 2.05) is 11.3 Å². The number of fused-ring (bicyclic) bond motifs is 2. The van der Waals surface area contributed by atoms with Gasteiger partial charge in [-0.3, -0.25) is 0 Å². The van der Waals surface area contributed by atoms with Crippen LogP contribution in [-0.2, 0) is 10.9 Å². The molecule has 0 nitrogen and oxygen atoms in total. The zero-order valence-corrected chi connectivity index (χ0v) is 32.5. The minimum absolute atomic E-state index is 0.293. The Morgan fingerprint density at radius 3 is 2.21 bits per heavy atom. The van der Waals surface area contributed by atoms with E-state index in [1.54, 1.807) is 27.6 Å². The first-order chi connectivity index (χ1) is 18.4. The van der Waals surface area contributed by atoms with Crippen molar-refractivity contribution in [3.8, 4) is 20.9 Å². The molecule has 0 spiro atoms. The van der Waals surface area contributed by atoms with Crippen molar-refractivity contribution in [2.75, 3.05) is 0 Å². The molecule has 0 aliphatic rings. The fourth-order valence-electron chi connectivity index (χ4n) is 5.16. The summed E-state index contributed by atoms with van der Waals surface area (Å²) in [6.07, 6.45) is 9.47. The summed E-state index contributed by atoms with van der Waals surface area (Å²) in [5.74, 6) is 0. The van der Waals surface area contributed by atoms with Crippen molar-refractivity contribution in [2.24, 2.45) is 0 Å². The Balaban J connectivity index is 1.63. The first-order valence-corrected chi connectivity index (χ1v) is 31.6. The monoisotopic (exact) mass is 792 g/mol. The van der Waals surface area contributed by atoms with Gasteiger partial charge in [0, 0.05) is 0 Å². The predicted molar refractivity (Wildman–Crippen MR) is 184 cm³/mol. The Kier molecular flexibility index (Phi) is 10.5. The van der Waals surface area contributed by atoms with Crippen molar-refractivity contribution in [3.63, 3.8) is 0 Å². The van der Waals surface area contributed by atoms with Crippen LogP contribution in [0.4, 0.5) is 0 Å². The topological polar surface area (TPSA) is 0 Å². The molecule has 0 N–H and O–H groups in total. The molecule has 0 amide bonds. The van der Waals surface area contributed by atoms with Crippen LogP contribution in [0.3, 0.4) is 0 Å². The van der Waals surface area contributed by atoms with Gasteiger partial charge in [-0.05, 0) is 0 Å². The van der Waals surface area contributed by atoms with Crippen molar-refractivity contribution in [3.05, 3.63) is 51.5 Å². The van der Waals surface area contributed by atoms with E-state index in [1.165, 1.54) is 79.9 Å². The first-order valence-electron chi connectivity index (χ1n) is 14.3. The van der Waals surface area contributed by atoms with Gasteiger partial charge in [-0.15, -0.1) is 0 Å². The summed E-state index contributed by atoms with van der Waals surface area (Å²) in [4.78, 5) is 13.9. The molecule has 0 unspecified atom stereocenters. The van der Waals surface area contributed by atoms with E-state index in [-0.39, 0.29) is 21.1 Å². The van der Waals surface area contributed by atoms with Gasteiger partial charge in [0.1, 0.15) is 0 Å². The number of benzene rings is 1. The Labute approximate surface area is 260 Å². The fourth-order valence-corrected chi connectivity index (χ4v) is 17.8. The van der Waals surface area contributed by atoms with E-state index in [4.69, 9.17) is 0 Å². The molecule has 0 aliphatic carbocycles. The summed E-state index contributed by atoms with van der Waals surface area (Å²) < 4.78 is 7.59. The molecule has 1 aromatic carbocycles. The molecule has 6 heteroatoms. The van der Waals surface area contributed by atoms with Crippen LogP contribution < -0.4 is 2.89 Å². The van der Waals surface area contributed by atoms with Crippen LogP contribution in [0.2, 0.25) is 19.3 Å². The molecular weight excluding hydrogens is 750 g/mol. The first kappa shape index (κ1) is 29.6. The standard InChI is InChI=1S/C27H26S4.C2H5.3CH3.2Sn/c1-3-4-5-6-7-8-10-19-12-13-23(31-19)25-21-17-18(2)30-27(21)24(22-11-9-15-28-22)20-14-16-29-26(20)25;1-2;;;;;/h9,11-15,17H,2-8,10H2,1H3;1H2,2H3;3*1H3;;. The van der Waals surface area contributed by atoms with Gasteiger partial charge < -0.3 is 0 Å². The van der Waals surface area contributed by atoms with Gasteiger partial charge in [0.25, 0.3) is 0 Å². The third kappa shape index (κ3) is 6.61. The van der Waals surface area contributed by atoms with Crippen LogP contribution in [0.5, 0.6) is 0 Å². The van der Waals surface area contributed by atoms with Crippen LogP contribution in [-0.4, -0.2) is 39.5 Å². The Morgan fingerprint density at radius 2 is 1.47 bits per heavy atom. The summed E-state index contributed by atoms with van der Waals surface area (Å²) in [6, 6.07) is 14.7. The molecule has 0 bridgehead atoms. The van der Waals surface area contributed by atoms with Gasteiger partial charge in [0.05, 0.1) is 0 Å². The summed E-state index contributed by atoms with van der Waals surface area (Å²) >= 11 is 5.71. The van der Waals surface area contributed by atoms with Gasteiger partial charge in [-0.2, -0.15) is 0 Å². The number of rotatable bonds is 13. The van der Waals surface area contributed by atoms with E-state index in [9.17, 15) is 0 Å². The van der Waals surface area contributed by atoms with E-state index < -0.39 is 18.4 Å². The summed E-state index contributed by atoms with van der Waals surface area (Å²) in [7, 11) is 0. The predicted octanol–water partition coefficient (Wildman–Crippen LogP) is 11.7. The third-order valence-electron chi connectivity index (χ3n) is 7.25. The van der Waals surface area contributed by atoms with Crippen molar-refractivity contribution >= 4 is 108 Å². The van der Waals surface area contributed by atoms with Gasteiger partial charge in [-0.25, -0.2) is 0 Å². The Bertz CT molecular complexity index is 1480. The molecule has 0 fully saturated rings. The average molecular weight is 790 g/mol. The van der Waals surface area contributed by atoms with Gasteiger partial charge in [0.2, 0.25) is 0 Å². The Morgan fingerprint density at radius 1 is 0.737 bits per heavy atom. The third-order valence-corrected chi connectivity index (χ3v) is 25.0. The maximum atomic E-state index is 2.63. The number of aryl methyl sites for hydroxylation is 1. The van der Waals surface area contributed by atoms with Gasteiger partial charge >= 0.3 is 243 Å². The molecule has 4 heterocycles. The van der Waals surface area contributed by atoms with Crippen LogP contribution in [0.25, 0.3) is 41.1 Å². The number of unbranched alkanes of at least 4 members (excludes halogenated alkanes) is 5. The zero-order chi connectivity index (χ0) is 26.7. The van der Waals surface area contributed by atoms with Crippen LogP contribution in [0.15, 0.2) is 41.8 Å². The second kappa shape index (κ2) is 13.4. The zero-order valence-electron chi connectivity index (χ0n) is 23.5. The minimum atomic E-state index is -2.23. The number of thiophene rings is 4. The van der Waals surface area contributed by atoms with E-state index in [2.05, 4.69) is 104 Å². The molecule has 4 aromatic heterocycles. The molecule has 0 saturated carbocycles. The number of hydrogen-bond donors (Lipinski definition) is 0. The number of hydrogen-bond acceptors (Lipinski definition) is 4. The molecule has 5 aromatic rings. The average Bonchev–Trinajstić information content (AvgIpc) is 3.69. The van der Waals surface area contributed by atoms with E-state index in [0.717, 1.165) is 0 Å². The van der Waals surface area contributed by atoms with Crippen molar-refractivity contribution in [2.45, 2.75) is 82.5 Å². The van der Waals surface area contributed by atoms with Crippen LogP contribution >= 0.6 is 45.3 Å². The molecule has 5 rings (SSSR count). The molecule has 0 saturated heterocycles. The van der Waals surface area contributed by atoms with Crippen molar-refractivity contribution in [1.82, 2.24) is 0 Å². The molecular formula is C32H40S4Sn2. The van der Waals surface area contributed by atoms with Crippen molar-refractivity contribution in [1.29, 1.82) is 0 Å². The van der Waals surface area contributed by atoms with Crippen molar-refractivity contribution < 1.29 is 0 Å². The van der Waals surface area contributed by atoms with Crippen LogP contribution in [0, 0.1) is 0 Å². The second-order valence-electron chi connectivity index (χ2n) is 11.4. The summed E-state index contributed by atoms with van der Waals surface area (Å²) in [6.45, 7) is 4.69. The van der Waals surface area contributed by atoms with Gasteiger partial charge in [0.15, 0.2) is 0 Å².